The predicted octanol–water partition coefficient (Wildman–Crippen LogP) is 3.58. The van der Waals surface area contributed by atoms with Crippen molar-refractivity contribution in [2.45, 2.75) is 0 Å². The molecule has 0 aromatic heterocycles. The molecule has 0 saturated carbocycles. The molecule has 0 unspecified atom stereocenters. The van der Waals surface area contributed by atoms with E-state index in [-0.39, 0.29) is 16.1 Å². The molecule has 1 N–H and O–H groups in total. The third-order valence-electron chi connectivity index (χ3n) is 3.05. The summed E-state index contributed by atoms with van der Waals surface area (Å²) < 4.78 is 9.51. The fourth-order valence-corrected chi connectivity index (χ4v) is 2.39. The Bertz CT molecular complexity index is 822. The lowest BCUT2D eigenvalue weighted by Crippen LogP contribution is -2.21. The van der Waals surface area contributed by atoms with Gasteiger partial charge >= 0.3 is 11.9 Å². The van der Waals surface area contributed by atoms with Crippen molar-refractivity contribution in [3.05, 3.63) is 63.6 Å². The molecule has 8 heteroatoms. The Hall–Kier alpha value is -2.57. The van der Waals surface area contributed by atoms with E-state index >= 15 is 0 Å². The molecule has 0 aliphatic carbocycles. The molecule has 6 nitrogen and oxygen atoms in total. The number of rotatable bonds is 5. The van der Waals surface area contributed by atoms with Crippen molar-refractivity contribution in [1.82, 2.24) is 0 Å². The standard InChI is InChI=1S/C17H13Cl2NO5/c1-24-16(22)10-3-2-4-12(7-10)20-15(21)9-25-17(23)13-6-5-11(18)8-14(13)19/h2-8H,9H2,1H3,(H,20,21). The van der Waals surface area contributed by atoms with Gasteiger partial charge < -0.3 is 14.8 Å². The third kappa shape index (κ3) is 5.20. The first-order valence-electron chi connectivity index (χ1n) is 7.01. The second-order valence-corrected chi connectivity index (χ2v) is 5.66. The van der Waals surface area contributed by atoms with Gasteiger partial charge in [0.05, 0.1) is 23.3 Å². The molecule has 0 radical (unpaired) electrons. The number of carbonyl (C=O) groups is 3. The lowest BCUT2D eigenvalue weighted by molar-refractivity contribution is -0.119. The van der Waals surface area contributed by atoms with Crippen LogP contribution in [0.4, 0.5) is 5.69 Å². The summed E-state index contributed by atoms with van der Waals surface area (Å²) in [4.78, 5) is 35.3. The highest BCUT2D eigenvalue weighted by atomic mass is 35.5. The zero-order valence-corrected chi connectivity index (χ0v) is 14.6. The molecule has 2 aromatic rings. The smallest absolute Gasteiger partial charge is 0.340 e. The van der Waals surface area contributed by atoms with Gasteiger partial charge in [0.1, 0.15) is 0 Å². The van der Waals surface area contributed by atoms with E-state index in [2.05, 4.69) is 10.1 Å². The first-order chi connectivity index (χ1) is 11.9. The van der Waals surface area contributed by atoms with Gasteiger partial charge in [-0.3, -0.25) is 4.79 Å². The molecule has 0 aliphatic rings. The average molecular weight is 382 g/mol. The molecule has 2 aromatic carbocycles. The molecule has 0 bridgehead atoms. The van der Waals surface area contributed by atoms with Gasteiger partial charge in [-0.25, -0.2) is 9.59 Å². The quantitative estimate of drug-likeness (QED) is 0.800. The first kappa shape index (κ1) is 18.8. The van der Waals surface area contributed by atoms with E-state index in [0.29, 0.717) is 10.7 Å². The monoisotopic (exact) mass is 381 g/mol. The fourth-order valence-electron chi connectivity index (χ4n) is 1.90. The number of anilines is 1. The number of methoxy groups -OCH3 is 1. The van der Waals surface area contributed by atoms with Crippen molar-refractivity contribution in [3.8, 4) is 0 Å². The fraction of sp³-hybridized carbons (Fsp3) is 0.118. The van der Waals surface area contributed by atoms with E-state index in [1.165, 1.54) is 31.4 Å². The van der Waals surface area contributed by atoms with E-state index in [1.54, 1.807) is 18.2 Å². The largest absolute Gasteiger partial charge is 0.465 e. The van der Waals surface area contributed by atoms with Gasteiger partial charge in [-0.15, -0.1) is 0 Å². The Labute approximate surface area is 153 Å². The zero-order chi connectivity index (χ0) is 18.4. The van der Waals surface area contributed by atoms with Crippen LogP contribution in [0.2, 0.25) is 10.0 Å². The number of benzene rings is 2. The van der Waals surface area contributed by atoms with Crippen LogP contribution in [0.1, 0.15) is 20.7 Å². The van der Waals surface area contributed by atoms with E-state index in [9.17, 15) is 14.4 Å². The summed E-state index contributed by atoms with van der Waals surface area (Å²) in [6, 6.07) is 10.5. The van der Waals surface area contributed by atoms with Gasteiger partial charge in [0, 0.05) is 10.7 Å². The number of hydrogen-bond donors (Lipinski definition) is 1. The Morgan fingerprint density at radius 1 is 1.04 bits per heavy atom. The van der Waals surface area contributed by atoms with Crippen molar-refractivity contribution in [3.63, 3.8) is 0 Å². The van der Waals surface area contributed by atoms with Gasteiger partial charge in [-0.05, 0) is 36.4 Å². The second kappa shape index (κ2) is 8.50. The van der Waals surface area contributed by atoms with E-state index in [0.717, 1.165) is 0 Å². The minimum absolute atomic E-state index is 0.103. The molecule has 0 fully saturated rings. The van der Waals surface area contributed by atoms with Gasteiger partial charge in [0.25, 0.3) is 5.91 Å². The van der Waals surface area contributed by atoms with Gasteiger partial charge in [-0.1, -0.05) is 29.3 Å². The summed E-state index contributed by atoms with van der Waals surface area (Å²) in [5, 5.41) is 3.02. The van der Waals surface area contributed by atoms with Crippen molar-refractivity contribution in [2.75, 3.05) is 19.0 Å². The van der Waals surface area contributed by atoms with Crippen LogP contribution >= 0.6 is 23.2 Å². The SMILES string of the molecule is COC(=O)c1cccc(NC(=O)COC(=O)c2ccc(Cl)cc2Cl)c1. The molecule has 0 spiro atoms. The van der Waals surface area contributed by atoms with E-state index in [4.69, 9.17) is 27.9 Å². The highest BCUT2D eigenvalue weighted by Gasteiger charge is 2.14. The maximum absolute atomic E-state index is 11.9. The topological polar surface area (TPSA) is 81.7 Å². The highest BCUT2D eigenvalue weighted by Crippen LogP contribution is 2.21. The van der Waals surface area contributed by atoms with Gasteiger partial charge in [0.15, 0.2) is 6.61 Å². The molecule has 0 saturated heterocycles. The molecule has 0 heterocycles. The lowest BCUT2D eigenvalue weighted by atomic mass is 10.2. The first-order valence-corrected chi connectivity index (χ1v) is 7.76. The Morgan fingerprint density at radius 3 is 2.48 bits per heavy atom. The molecular formula is C17H13Cl2NO5. The van der Waals surface area contributed by atoms with Gasteiger partial charge in [0.2, 0.25) is 0 Å². The summed E-state index contributed by atoms with van der Waals surface area (Å²) in [7, 11) is 1.26. The van der Waals surface area contributed by atoms with Crippen LogP contribution < -0.4 is 5.32 Å². The summed E-state index contributed by atoms with van der Waals surface area (Å²) >= 11 is 11.7. The Balaban J connectivity index is 1.94. The zero-order valence-electron chi connectivity index (χ0n) is 13.0. The molecule has 25 heavy (non-hydrogen) atoms. The summed E-state index contributed by atoms with van der Waals surface area (Å²) in [6.07, 6.45) is 0. The van der Waals surface area contributed by atoms with Crippen molar-refractivity contribution >= 4 is 46.7 Å². The van der Waals surface area contributed by atoms with Crippen LogP contribution in [-0.4, -0.2) is 31.6 Å². The van der Waals surface area contributed by atoms with Crippen LogP contribution in [0.15, 0.2) is 42.5 Å². The van der Waals surface area contributed by atoms with Crippen molar-refractivity contribution in [1.29, 1.82) is 0 Å². The Kier molecular flexibility index (Phi) is 6.38. The minimum atomic E-state index is -0.750. The molecule has 130 valence electrons. The van der Waals surface area contributed by atoms with Gasteiger partial charge in [-0.2, -0.15) is 0 Å². The van der Waals surface area contributed by atoms with E-state index < -0.39 is 24.5 Å². The number of carbonyl (C=O) groups excluding carboxylic acids is 3. The normalized spacial score (nSPS) is 10.0. The number of halogens is 2. The summed E-state index contributed by atoms with van der Waals surface area (Å²) in [6.45, 7) is -0.514. The number of hydrogen-bond acceptors (Lipinski definition) is 5. The summed E-state index contributed by atoms with van der Waals surface area (Å²) in [5.41, 5.74) is 0.755. The molecule has 0 aliphatic heterocycles. The van der Waals surface area contributed by atoms with Crippen LogP contribution in [-0.2, 0) is 14.3 Å². The van der Waals surface area contributed by atoms with E-state index in [1.807, 2.05) is 0 Å². The molecule has 0 atom stereocenters. The predicted molar refractivity (Wildman–Crippen MR) is 93.2 cm³/mol. The van der Waals surface area contributed by atoms with Crippen LogP contribution in [0.25, 0.3) is 0 Å². The molecule has 1 amide bonds. The minimum Gasteiger partial charge on any atom is -0.465 e. The van der Waals surface area contributed by atoms with Crippen molar-refractivity contribution < 1.29 is 23.9 Å². The number of nitrogens with one attached hydrogen (secondary N) is 1. The van der Waals surface area contributed by atoms with Crippen LogP contribution in [0.3, 0.4) is 0 Å². The summed E-state index contributed by atoms with van der Waals surface area (Å²) in [5.74, 6) is -1.85. The van der Waals surface area contributed by atoms with Crippen LogP contribution in [0, 0.1) is 0 Å². The third-order valence-corrected chi connectivity index (χ3v) is 3.60. The molecule has 2 rings (SSSR count). The number of ether oxygens (including phenoxy) is 2. The maximum Gasteiger partial charge on any atom is 0.340 e. The number of amides is 1. The van der Waals surface area contributed by atoms with Crippen molar-refractivity contribution in [2.24, 2.45) is 0 Å². The lowest BCUT2D eigenvalue weighted by Gasteiger charge is -2.08. The maximum atomic E-state index is 11.9. The number of esters is 2. The highest BCUT2D eigenvalue weighted by molar-refractivity contribution is 6.36. The van der Waals surface area contributed by atoms with Crippen LogP contribution in [0.5, 0.6) is 0 Å². The molecular weight excluding hydrogens is 369 g/mol. The second-order valence-electron chi connectivity index (χ2n) is 4.82. The Morgan fingerprint density at radius 2 is 1.80 bits per heavy atom. The average Bonchev–Trinajstić information content (AvgIpc) is 2.59.